The van der Waals surface area contributed by atoms with Gasteiger partial charge in [-0.3, -0.25) is 0 Å². The molecule has 0 radical (unpaired) electrons. The number of esters is 1. The van der Waals surface area contributed by atoms with Gasteiger partial charge in [-0.25, -0.2) is 4.79 Å². The lowest BCUT2D eigenvalue weighted by Gasteiger charge is -2.21. The Labute approximate surface area is 83.8 Å². The van der Waals surface area contributed by atoms with Crippen LogP contribution in [0.25, 0.3) is 0 Å². The molecule has 1 aliphatic heterocycles. The highest BCUT2D eigenvalue weighted by atomic mass is 16.7. The van der Waals surface area contributed by atoms with Gasteiger partial charge >= 0.3 is 5.97 Å². The molecule has 0 bridgehead atoms. The highest BCUT2D eigenvalue weighted by Crippen LogP contribution is 2.20. The first-order chi connectivity index (χ1) is 6.67. The van der Waals surface area contributed by atoms with Crippen LogP contribution in [0.15, 0.2) is 12.2 Å². The summed E-state index contributed by atoms with van der Waals surface area (Å²) in [6.45, 7) is 2.00. The number of hydrogen-bond donors (Lipinski definition) is 0. The maximum atomic E-state index is 10.8. The van der Waals surface area contributed by atoms with E-state index in [9.17, 15) is 4.79 Å². The van der Waals surface area contributed by atoms with Crippen molar-refractivity contribution < 1.29 is 19.0 Å². The monoisotopic (exact) mass is 200 g/mol. The maximum absolute atomic E-state index is 10.8. The van der Waals surface area contributed by atoms with Crippen LogP contribution >= 0.6 is 0 Å². The standard InChI is InChI=1S/C10H16O4/c1-7(6-10(12-2)13-3)8-4-5-9(11)14-8/h4-5,7-8,10H,6H2,1-3H3. The molecule has 80 valence electrons. The van der Waals surface area contributed by atoms with Crippen molar-refractivity contribution in [2.45, 2.75) is 25.7 Å². The second-order valence-corrected chi connectivity index (χ2v) is 3.37. The number of methoxy groups -OCH3 is 2. The van der Waals surface area contributed by atoms with Crippen LogP contribution in [-0.2, 0) is 19.0 Å². The number of hydrogen-bond acceptors (Lipinski definition) is 4. The number of ether oxygens (including phenoxy) is 3. The van der Waals surface area contributed by atoms with Crippen molar-refractivity contribution in [3.05, 3.63) is 12.2 Å². The summed E-state index contributed by atoms with van der Waals surface area (Å²) in [5, 5.41) is 0. The van der Waals surface area contributed by atoms with Gasteiger partial charge in [-0.15, -0.1) is 0 Å². The Hall–Kier alpha value is -0.870. The van der Waals surface area contributed by atoms with Crippen LogP contribution in [0, 0.1) is 5.92 Å². The zero-order valence-electron chi connectivity index (χ0n) is 8.73. The smallest absolute Gasteiger partial charge is 0.331 e. The Morgan fingerprint density at radius 3 is 2.57 bits per heavy atom. The van der Waals surface area contributed by atoms with Gasteiger partial charge in [-0.05, 0) is 6.08 Å². The van der Waals surface area contributed by atoms with E-state index >= 15 is 0 Å². The molecule has 4 nitrogen and oxygen atoms in total. The second kappa shape index (κ2) is 5.12. The molecule has 0 saturated heterocycles. The third kappa shape index (κ3) is 2.82. The normalized spacial score (nSPS) is 22.9. The molecule has 14 heavy (non-hydrogen) atoms. The number of carbonyl (C=O) groups excluding carboxylic acids is 1. The largest absolute Gasteiger partial charge is 0.455 e. The molecular formula is C10H16O4. The summed E-state index contributed by atoms with van der Waals surface area (Å²) in [6, 6.07) is 0. The molecule has 1 rings (SSSR count). The Morgan fingerprint density at radius 2 is 2.14 bits per heavy atom. The van der Waals surface area contributed by atoms with Crippen molar-refractivity contribution in [1.29, 1.82) is 0 Å². The van der Waals surface area contributed by atoms with E-state index < -0.39 is 0 Å². The fourth-order valence-electron chi connectivity index (χ4n) is 1.42. The molecule has 0 amide bonds. The summed E-state index contributed by atoms with van der Waals surface area (Å²) in [6.07, 6.45) is 3.55. The zero-order chi connectivity index (χ0) is 10.6. The topological polar surface area (TPSA) is 44.8 Å². The van der Waals surface area contributed by atoms with Gasteiger partial charge in [0.2, 0.25) is 0 Å². The maximum Gasteiger partial charge on any atom is 0.331 e. The molecule has 0 spiro atoms. The highest BCUT2D eigenvalue weighted by molar-refractivity contribution is 5.84. The van der Waals surface area contributed by atoms with Crippen molar-refractivity contribution in [2.75, 3.05) is 14.2 Å². The highest BCUT2D eigenvalue weighted by Gasteiger charge is 2.25. The van der Waals surface area contributed by atoms with Gasteiger partial charge in [0.15, 0.2) is 6.29 Å². The molecule has 0 aromatic rings. The molecule has 2 unspecified atom stereocenters. The van der Waals surface area contributed by atoms with Crippen LogP contribution in [0.2, 0.25) is 0 Å². The number of cyclic esters (lactones) is 1. The fraction of sp³-hybridized carbons (Fsp3) is 0.700. The number of rotatable bonds is 5. The van der Waals surface area contributed by atoms with Gasteiger partial charge in [0.1, 0.15) is 6.10 Å². The molecule has 0 saturated carbocycles. The number of carbonyl (C=O) groups is 1. The minimum Gasteiger partial charge on any atom is -0.455 e. The first kappa shape index (κ1) is 11.2. The lowest BCUT2D eigenvalue weighted by atomic mass is 10.0. The van der Waals surface area contributed by atoms with Crippen molar-refractivity contribution in [3.8, 4) is 0 Å². The van der Waals surface area contributed by atoms with Gasteiger partial charge in [0.25, 0.3) is 0 Å². The Kier molecular flexibility index (Phi) is 4.10. The third-order valence-electron chi connectivity index (χ3n) is 2.33. The van der Waals surface area contributed by atoms with Crippen LogP contribution in [0.4, 0.5) is 0 Å². The van der Waals surface area contributed by atoms with Crippen LogP contribution in [0.1, 0.15) is 13.3 Å². The molecule has 0 aromatic heterocycles. The zero-order valence-corrected chi connectivity index (χ0v) is 8.73. The minimum atomic E-state index is -0.270. The lowest BCUT2D eigenvalue weighted by Crippen LogP contribution is -2.24. The van der Waals surface area contributed by atoms with E-state index in [0.717, 1.165) is 0 Å². The predicted octanol–water partition coefficient (Wildman–Crippen LogP) is 1.11. The average molecular weight is 200 g/mol. The predicted molar refractivity (Wildman–Crippen MR) is 50.6 cm³/mol. The summed E-state index contributed by atoms with van der Waals surface area (Å²) in [4.78, 5) is 10.8. The van der Waals surface area contributed by atoms with E-state index in [-0.39, 0.29) is 24.3 Å². The van der Waals surface area contributed by atoms with Crippen molar-refractivity contribution >= 4 is 5.97 Å². The minimum absolute atomic E-state index is 0.143. The van der Waals surface area contributed by atoms with Gasteiger partial charge in [-0.1, -0.05) is 6.92 Å². The van der Waals surface area contributed by atoms with Crippen LogP contribution in [0.3, 0.4) is 0 Å². The molecular weight excluding hydrogens is 184 g/mol. The first-order valence-corrected chi connectivity index (χ1v) is 4.61. The van der Waals surface area contributed by atoms with E-state index in [2.05, 4.69) is 0 Å². The van der Waals surface area contributed by atoms with Crippen LogP contribution < -0.4 is 0 Å². The first-order valence-electron chi connectivity index (χ1n) is 4.61. The van der Waals surface area contributed by atoms with Crippen molar-refractivity contribution in [1.82, 2.24) is 0 Å². The SMILES string of the molecule is COC(CC(C)C1C=CC(=O)O1)OC. The quantitative estimate of drug-likeness (QED) is 0.492. The third-order valence-corrected chi connectivity index (χ3v) is 2.33. The molecule has 1 heterocycles. The van der Waals surface area contributed by atoms with E-state index in [1.54, 1.807) is 20.3 Å². The van der Waals surface area contributed by atoms with Crippen LogP contribution in [-0.4, -0.2) is 32.6 Å². The van der Waals surface area contributed by atoms with Gasteiger partial charge in [0, 0.05) is 32.6 Å². The Morgan fingerprint density at radius 1 is 1.50 bits per heavy atom. The Balaban J connectivity index is 2.38. The average Bonchev–Trinajstić information content (AvgIpc) is 2.61. The molecule has 0 aliphatic carbocycles. The van der Waals surface area contributed by atoms with E-state index in [4.69, 9.17) is 14.2 Å². The summed E-state index contributed by atoms with van der Waals surface area (Å²) in [5.74, 6) is -0.0733. The summed E-state index contributed by atoms with van der Waals surface area (Å²) < 4.78 is 15.2. The van der Waals surface area contributed by atoms with E-state index in [1.165, 1.54) is 6.08 Å². The van der Waals surface area contributed by atoms with Gasteiger partial charge < -0.3 is 14.2 Å². The molecule has 0 fully saturated rings. The molecule has 4 heteroatoms. The second-order valence-electron chi connectivity index (χ2n) is 3.37. The fourth-order valence-corrected chi connectivity index (χ4v) is 1.42. The lowest BCUT2D eigenvalue weighted by molar-refractivity contribution is -0.144. The van der Waals surface area contributed by atoms with Crippen molar-refractivity contribution in [3.63, 3.8) is 0 Å². The molecule has 1 aliphatic rings. The van der Waals surface area contributed by atoms with E-state index in [1.807, 2.05) is 6.92 Å². The molecule has 0 aromatic carbocycles. The summed E-state index contributed by atoms with van der Waals surface area (Å²) in [5.41, 5.74) is 0. The van der Waals surface area contributed by atoms with Gasteiger partial charge in [-0.2, -0.15) is 0 Å². The van der Waals surface area contributed by atoms with Gasteiger partial charge in [0.05, 0.1) is 0 Å². The van der Waals surface area contributed by atoms with Crippen LogP contribution in [0.5, 0.6) is 0 Å². The molecule has 0 N–H and O–H groups in total. The summed E-state index contributed by atoms with van der Waals surface area (Å²) >= 11 is 0. The molecule has 2 atom stereocenters. The van der Waals surface area contributed by atoms with Crippen molar-refractivity contribution in [2.24, 2.45) is 5.92 Å². The Bertz CT molecular complexity index is 220. The van der Waals surface area contributed by atoms with E-state index in [0.29, 0.717) is 6.42 Å². The summed E-state index contributed by atoms with van der Waals surface area (Å²) in [7, 11) is 3.19.